The molecule has 4 rings (SSSR count). The number of thioether (sulfide) groups is 1. The summed E-state index contributed by atoms with van der Waals surface area (Å²) in [7, 11) is 0. The van der Waals surface area contributed by atoms with E-state index in [4.69, 9.17) is 23.2 Å². The minimum atomic E-state index is -0.352. The third-order valence-electron chi connectivity index (χ3n) is 4.48. The maximum Gasteiger partial charge on any atom is 0.236 e. The Morgan fingerprint density at radius 3 is 2.79 bits per heavy atom. The van der Waals surface area contributed by atoms with Gasteiger partial charge in [0.1, 0.15) is 5.82 Å². The second-order valence-electron chi connectivity index (χ2n) is 6.62. The molecule has 1 aliphatic carbocycles. The molecule has 2 heterocycles. The average Bonchev–Trinajstić information content (AvgIpc) is 3.46. The summed E-state index contributed by atoms with van der Waals surface area (Å²) in [6.07, 6.45) is 3.39. The topological polar surface area (TPSA) is 72.7 Å². The van der Waals surface area contributed by atoms with E-state index >= 15 is 0 Å². The predicted octanol–water partition coefficient (Wildman–Crippen LogP) is 5.16. The maximum atomic E-state index is 14.2. The van der Waals surface area contributed by atoms with E-state index in [0.29, 0.717) is 32.2 Å². The van der Waals surface area contributed by atoms with Crippen LogP contribution < -0.4 is 5.32 Å². The number of amides is 1. The fourth-order valence-electron chi connectivity index (χ4n) is 2.81. The first-order valence-corrected chi connectivity index (χ1v) is 10.6. The lowest BCUT2D eigenvalue weighted by molar-refractivity contribution is -0.113. The lowest BCUT2D eigenvalue weighted by Crippen LogP contribution is -2.16. The highest BCUT2D eigenvalue weighted by Gasteiger charge is 2.31. The van der Waals surface area contributed by atoms with Gasteiger partial charge < -0.3 is 5.32 Å². The zero-order valence-corrected chi connectivity index (χ0v) is 17.7. The summed E-state index contributed by atoms with van der Waals surface area (Å²) in [5.41, 5.74) is 1.05. The van der Waals surface area contributed by atoms with E-state index in [2.05, 4.69) is 20.5 Å². The fourth-order valence-corrected chi connectivity index (χ4v) is 4.00. The first-order chi connectivity index (χ1) is 14.0. The highest BCUT2D eigenvalue weighted by atomic mass is 35.5. The number of benzene rings is 1. The molecule has 10 heteroatoms. The Kier molecular flexibility index (Phi) is 5.76. The Labute approximate surface area is 180 Å². The number of nitrogens with one attached hydrogen (secondary N) is 1. The van der Waals surface area contributed by atoms with Crippen LogP contribution in [0.2, 0.25) is 10.0 Å². The number of anilines is 1. The molecule has 0 bridgehead atoms. The van der Waals surface area contributed by atoms with Crippen LogP contribution in [0.1, 0.15) is 24.4 Å². The van der Waals surface area contributed by atoms with Gasteiger partial charge in [0.25, 0.3) is 0 Å². The monoisotopic (exact) mass is 451 g/mol. The zero-order chi connectivity index (χ0) is 20.5. The van der Waals surface area contributed by atoms with Crippen molar-refractivity contribution in [3.63, 3.8) is 0 Å². The first-order valence-electron chi connectivity index (χ1n) is 8.88. The van der Waals surface area contributed by atoms with E-state index in [0.717, 1.165) is 12.8 Å². The van der Waals surface area contributed by atoms with Gasteiger partial charge in [-0.1, -0.05) is 47.1 Å². The summed E-state index contributed by atoms with van der Waals surface area (Å²) in [6.45, 7) is 1.75. The summed E-state index contributed by atoms with van der Waals surface area (Å²) < 4.78 is 16.1. The second-order valence-corrected chi connectivity index (χ2v) is 8.35. The van der Waals surface area contributed by atoms with Crippen molar-refractivity contribution in [2.24, 2.45) is 0 Å². The van der Waals surface area contributed by atoms with Gasteiger partial charge in [-0.05, 0) is 37.5 Å². The molecule has 29 heavy (non-hydrogen) atoms. The lowest BCUT2D eigenvalue weighted by Gasteiger charge is -2.10. The van der Waals surface area contributed by atoms with Crippen LogP contribution in [-0.4, -0.2) is 31.4 Å². The van der Waals surface area contributed by atoms with Crippen molar-refractivity contribution in [3.05, 3.63) is 51.9 Å². The van der Waals surface area contributed by atoms with Crippen molar-refractivity contribution in [2.75, 3.05) is 11.1 Å². The number of pyridine rings is 1. The SMILES string of the molecule is Cc1c(Cl)cnc(NC(=O)CSc2nnc(-c3ccccc3F)n2C2CC2)c1Cl. The minimum absolute atomic E-state index is 0.0851. The van der Waals surface area contributed by atoms with Gasteiger partial charge in [0.2, 0.25) is 5.91 Å². The van der Waals surface area contributed by atoms with Crippen LogP contribution in [0, 0.1) is 12.7 Å². The molecule has 1 N–H and O–H groups in total. The largest absolute Gasteiger partial charge is 0.309 e. The number of carbonyl (C=O) groups is 1. The molecule has 150 valence electrons. The van der Waals surface area contributed by atoms with E-state index in [-0.39, 0.29) is 29.3 Å². The maximum absolute atomic E-state index is 14.2. The van der Waals surface area contributed by atoms with Gasteiger partial charge >= 0.3 is 0 Å². The molecule has 0 atom stereocenters. The highest BCUT2D eigenvalue weighted by Crippen LogP contribution is 2.41. The Bertz CT molecular complexity index is 1090. The highest BCUT2D eigenvalue weighted by molar-refractivity contribution is 7.99. The molecule has 0 aliphatic heterocycles. The van der Waals surface area contributed by atoms with Gasteiger partial charge in [-0.15, -0.1) is 10.2 Å². The van der Waals surface area contributed by atoms with E-state index < -0.39 is 0 Å². The van der Waals surface area contributed by atoms with E-state index in [1.165, 1.54) is 24.0 Å². The van der Waals surface area contributed by atoms with Gasteiger partial charge in [0.15, 0.2) is 16.8 Å². The minimum Gasteiger partial charge on any atom is -0.309 e. The summed E-state index contributed by atoms with van der Waals surface area (Å²) in [4.78, 5) is 16.4. The Balaban J connectivity index is 1.50. The van der Waals surface area contributed by atoms with E-state index in [9.17, 15) is 9.18 Å². The summed E-state index contributed by atoms with van der Waals surface area (Å²) in [5, 5.41) is 12.4. The molecule has 0 spiro atoms. The first kappa shape index (κ1) is 20.1. The fraction of sp³-hybridized carbons (Fsp3) is 0.263. The molecule has 6 nitrogen and oxygen atoms in total. The van der Waals surface area contributed by atoms with Crippen molar-refractivity contribution in [1.29, 1.82) is 0 Å². The van der Waals surface area contributed by atoms with Gasteiger partial charge in [0.05, 0.1) is 21.4 Å². The van der Waals surface area contributed by atoms with Gasteiger partial charge in [-0.3, -0.25) is 9.36 Å². The van der Waals surface area contributed by atoms with Crippen LogP contribution in [0.4, 0.5) is 10.2 Å². The summed E-state index contributed by atoms with van der Waals surface area (Å²) in [5.74, 6) is 0.183. The van der Waals surface area contributed by atoms with Gasteiger partial charge in [0, 0.05) is 12.2 Å². The van der Waals surface area contributed by atoms with E-state index in [1.54, 1.807) is 25.1 Å². The smallest absolute Gasteiger partial charge is 0.236 e. The normalized spacial score (nSPS) is 13.5. The van der Waals surface area contributed by atoms with Crippen molar-refractivity contribution in [2.45, 2.75) is 31.0 Å². The zero-order valence-electron chi connectivity index (χ0n) is 15.3. The number of rotatable bonds is 6. The number of aromatic nitrogens is 4. The Morgan fingerprint density at radius 1 is 1.31 bits per heavy atom. The lowest BCUT2D eigenvalue weighted by atomic mass is 10.2. The molecule has 1 aliphatic rings. The van der Waals surface area contributed by atoms with Crippen molar-refractivity contribution < 1.29 is 9.18 Å². The van der Waals surface area contributed by atoms with Crippen molar-refractivity contribution in [3.8, 4) is 11.4 Å². The van der Waals surface area contributed by atoms with Crippen LogP contribution in [0.25, 0.3) is 11.4 Å². The molecule has 0 unspecified atom stereocenters. The molecule has 2 aromatic heterocycles. The standard InChI is InChI=1S/C19H16Cl2FN5OS/c1-10-13(20)8-23-17(16(10)21)24-15(28)9-29-19-26-25-18(27(19)11-6-7-11)12-4-2-3-5-14(12)22/h2-5,8,11H,6-7,9H2,1H3,(H,23,24,28). The number of halogens is 3. The van der Waals surface area contributed by atoms with E-state index in [1.807, 2.05) is 4.57 Å². The van der Waals surface area contributed by atoms with Crippen LogP contribution in [-0.2, 0) is 4.79 Å². The molecule has 0 radical (unpaired) electrons. The molecule has 0 saturated heterocycles. The molecular weight excluding hydrogens is 436 g/mol. The van der Waals surface area contributed by atoms with Crippen LogP contribution in [0.3, 0.4) is 0 Å². The molecule has 1 amide bonds. The molecule has 1 aromatic carbocycles. The third kappa shape index (κ3) is 4.24. The van der Waals surface area contributed by atoms with Crippen molar-refractivity contribution in [1.82, 2.24) is 19.7 Å². The number of hydrogen-bond acceptors (Lipinski definition) is 5. The van der Waals surface area contributed by atoms with Crippen LogP contribution in [0.15, 0.2) is 35.6 Å². The number of carbonyl (C=O) groups excluding carboxylic acids is 1. The van der Waals surface area contributed by atoms with Crippen LogP contribution >= 0.6 is 35.0 Å². The summed E-state index contributed by atoms with van der Waals surface area (Å²) >= 11 is 13.4. The Hall–Kier alpha value is -2.16. The average molecular weight is 452 g/mol. The second kappa shape index (κ2) is 8.30. The van der Waals surface area contributed by atoms with Crippen LogP contribution in [0.5, 0.6) is 0 Å². The molecular formula is C19H16Cl2FN5OS. The molecule has 1 fully saturated rings. The van der Waals surface area contributed by atoms with Gasteiger partial charge in [-0.25, -0.2) is 9.37 Å². The van der Waals surface area contributed by atoms with Gasteiger partial charge in [-0.2, -0.15) is 0 Å². The third-order valence-corrected chi connectivity index (χ3v) is 6.27. The number of nitrogens with zero attached hydrogens (tertiary/aromatic N) is 4. The number of hydrogen-bond donors (Lipinski definition) is 1. The van der Waals surface area contributed by atoms with Crippen molar-refractivity contribution >= 4 is 46.7 Å². The quantitative estimate of drug-likeness (QED) is 0.523. The predicted molar refractivity (Wildman–Crippen MR) is 112 cm³/mol. The Morgan fingerprint density at radius 2 is 2.07 bits per heavy atom. The molecule has 3 aromatic rings. The molecule has 1 saturated carbocycles. The summed E-state index contributed by atoms with van der Waals surface area (Å²) in [6, 6.07) is 6.69.